The van der Waals surface area contributed by atoms with Crippen LogP contribution in [0.5, 0.6) is 0 Å². The number of furan rings is 1. The molecule has 0 spiro atoms. The Hall–Kier alpha value is -1.55. The first-order valence-corrected chi connectivity index (χ1v) is 6.83. The van der Waals surface area contributed by atoms with E-state index in [1.54, 1.807) is 18.2 Å². The summed E-state index contributed by atoms with van der Waals surface area (Å²) in [7, 11) is 1.80. The van der Waals surface area contributed by atoms with Gasteiger partial charge in [0.1, 0.15) is 5.76 Å². The predicted molar refractivity (Wildman–Crippen MR) is 78.1 cm³/mol. The fourth-order valence-electron chi connectivity index (χ4n) is 1.90. The van der Waals surface area contributed by atoms with E-state index in [-0.39, 0.29) is 5.91 Å². The van der Waals surface area contributed by atoms with Gasteiger partial charge in [-0.25, -0.2) is 0 Å². The van der Waals surface area contributed by atoms with Crippen molar-refractivity contribution in [1.82, 2.24) is 4.90 Å². The Bertz CT molecular complexity index is 604. The van der Waals surface area contributed by atoms with Gasteiger partial charge >= 0.3 is 0 Å². The lowest BCUT2D eigenvalue weighted by Crippen LogP contribution is -2.26. The minimum absolute atomic E-state index is 0.0104. The van der Waals surface area contributed by atoms with Gasteiger partial charge in [0.25, 0.3) is 5.91 Å². The SMILES string of the molecule is Cc1cc(C(=O)N(C)Cc2ccoc2C)ccc1Br. The number of carbonyl (C=O) groups is 1. The summed E-state index contributed by atoms with van der Waals surface area (Å²) in [5.74, 6) is 0.864. The molecule has 1 amide bonds. The monoisotopic (exact) mass is 321 g/mol. The van der Waals surface area contributed by atoms with Crippen LogP contribution in [0.1, 0.15) is 27.2 Å². The molecule has 0 fully saturated rings. The van der Waals surface area contributed by atoms with Crippen LogP contribution in [0, 0.1) is 13.8 Å². The van der Waals surface area contributed by atoms with Crippen LogP contribution in [0.25, 0.3) is 0 Å². The number of hydrogen-bond donors (Lipinski definition) is 0. The molecule has 0 aliphatic carbocycles. The lowest BCUT2D eigenvalue weighted by molar-refractivity contribution is 0.0784. The molecule has 19 heavy (non-hydrogen) atoms. The summed E-state index contributed by atoms with van der Waals surface area (Å²) in [6.07, 6.45) is 1.65. The van der Waals surface area contributed by atoms with Gasteiger partial charge in [0.05, 0.1) is 6.26 Å². The van der Waals surface area contributed by atoms with Gasteiger partial charge in [0, 0.05) is 29.2 Å². The average molecular weight is 322 g/mol. The third-order valence-corrected chi connectivity index (χ3v) is 4.02. The molecule has 0 bridgehead atoms. The van der Waals surface area contributed by atoms with Crippen molar-refractivity contribution in [2.75, 3.05) is 7.05 Å². The zero-order valence-corrected chi connectivity index (χ0v) is 12.8. The van der Waals surface area contributed by atoms with Crippen molar-refractivity contribution in [3.05, 3.63) is 57.5 Å². The van der Waals surface area contributed by atoms with Crippen LogP contribution in [0.15, 0.2) is 39.4 Å². The minimum atomic E-state index is 0.0104. The quantitative estimate of drug-likeness (QED) is 0.858. The second-order valence-electron chi connectivity index (χ2n) is 4.63. The zero-order chi connectivity index (χ0) is 14.0. The minimum Gasteiger partial charge on any atom is -0.469 e. The van der Waals surface area contributed by atoms with E-state index in [0.717, 1.165) is 21.4 Å². The third-order valence-electron chi connectivity index (χ3n) is 3.13. The molecule has 0 unspecified atom stereocenters. The van der Waals surface area contributed by atoms with Gasteiger partial charge in [-0.3, -0.25) is 4.79 Å². The van der Waals surface area contributed by atoms with E-state index in [2.05, 4.69) is 15.9 Å². The molecule has 4 heteroatoms. The molecule has 2 aromatic rings. The van der Waals surface area contributed by atoms with E-state index in [4.69, 9.17) is 4.42 Å². The smallest absolute Gasteiger partial charge is 0.253 e. The number of halogens is 1. The van der Waals surface area contributed by atoms with E-state index < -0.39 is 0 Å². The Labute approximate surface area is 121 Å². The summed E-state index contributed by atoms with van der Waals surface area (Å²) < 4.78 is 6.25. The van der Waals surface area contributed by atoms with Crippen LogP contribution in [-0.4, -0.2) is 17.9 Å². The third kappa shape index (κ3) is 3.07. The summed E-state index contributed by atoms with van der Waals surface area (Å²) in [6.45, 7) is 4.43. The Balaban J connectivity index is 2.15. The van der Waals surface area contributed by atoms with Crippen molar-refractivity contribution >= 4 is 21.8 Å². The van der Waals surface area contributed by atoms with Crippen molar-refractivity contribution < 1.29 is 9.21 Å². The van der Waals surface area contributed by atoms with E-state index in [0.29, 0.717) is 12.1 Å². The summed E-state index contributed by atoms with van der Waals surface area (Å²) >= 11 is 3.44. The van der Waals surface area contributed by atoms with Gasteiger partial charge in [0.15, 0.2) is 0 Å². The first-order chi connectivity index (χ1) is 8.99. The Morgan fingerprint density at radius 1 is 1.32 bits per heavy atom. The summed E-state index contributed by atoms with van der Waals surface area (Å²) in [6, 6.07) is 7.52. The maximum atomic E-state index is 12.3. The van der Waals surface area contributed by atoms with Crippen molar-refractivity contribution in [3.63, 3.8) is 0 Å². The Kier molecular flexibility index (Phi) is 4.10. The highest BCUT2D eigenvalue weighted by Gasteiger charge is 2.14. The van der Waals surface area contributed by atoms with Crippen LogP contribution in [-0.2, 0) is 6.54 Å². The molecule has 0 N–H and O–H groups in total. The summed E-state index contributed by atoms with van der Waals surface area (Å²) in [4.78, 5) is 14.0. The van der Waals surface area contributed by atoms with Crippen LogP contribution in [0.3, 0.4) is 0 Å². The highest BCUT2D eigenvalue weighted by Crippen LogP contribution is 2.19. The van der Waals surface area contributed by atoms with Crippen molar-refractivity contribution in [3.8, 4) is 0 Å². The maximum Gasteiger partial charge on any atom is 0.253 e. The Morgan fingerprint density at radius 3 is 2.63 bits per heavy atom. The molecule has 0 saturated heterocycles. The first kappa shape index (κ1) is 13.9. The van der Waals surface area contributed by atoms with Crippen molar-refractivity contribution in [2.45, 2.75) is 20.4 Å². The highest BCUT2D eigenvalue weighted by molar-refractivity contribution is 9.10. The van der Waals surface area contributed by atoms with Crippen molar-refractivity contribution in [1.29, 1.82) is 0 Å². The van der Waals surface area contributed by atoms with Gasteiger partial charge in [-0.2, -0.15) is 0 Å². The molecule has 1 heterocycles. The van der Waals surface area contributed by atoms with Crippen LogP contribution in [0.2, 0.25) is 0 Å². The van der Waals surface area contributed by atoms with E-state index in [1.165, 1.54) is 0 Å². The van der Waals surface area contributed by atoms with Gasteiger partial charge in [-0.15, -0.1) is 0 Å². The van der Waals surface area contributed by atoms with Gasteiger partial charge in [-0.05, 0) is 43.7 Å². The first-order valence-electron chi connectivity index (χ1n) is 6.03. The predicted octanol–water partition coefficient (Wildman–Crippen LogP) is 3.93. The molecular weight excluding hydrogens is 306 g/mol. The standard InChI is InChI=1S/C15H16BrNO2/c1-10-8-12(4-5-14(10)16)15(18)17(3)9-13-6-7-19-11(13)2/h4-8H,9H2,1-3H3. The number of aryl methyl sites for hydroxylation is 2. The van der Waals surface area contributed by atoms with Crippen LogP contribution >= 0.6 is 15.9 Å². The fourth-order valence-corrected chi connectivity index (χ4v) is 2.15. The molecule has 0 saturated carbocycles. The molecule has 1 aromatic carbocycles. The lowest BCUT2D eigenvalue weighted by atomic mass is 10.1. The van der Waals surface area contributed by atoms with Crippen molar-refractivity contribution in [2.24, 2.45) is 0 Å². The number of nitrogens with zero attached hydrogens (tertiary/aromatic N) is 1. The molecule has 0 aliphatic heterocycles. The number of amides is 1. The second kappa shape index (κ2) is 5.61. The largest absolute Gasteiger partial charge is 0.469 e. The zero-order valence-electron chi connectivity index (χ0n) is 11.2. The molecule has 3 nitrogen and oxygen atoms in total. The van der Waals surface area contributed by atoms with E-state index in [9.17, 15) is 4.79 Å². The summed E-state index contributed by atoms with van der Waals surface area (Å²) in [5.41, 5.74) is 2.78. The van der Waals surface area contributed by atoms with Gasteiger partial charge in [0.2, 0.25) is 0 Å². The topological polar surface area (TPSA) is 33.5 Å². The number of rotatable bonds is 3. The molecular formula is C15H16BrNO2. The average Bonchev–Trinajstić information content (AvgIpc) is 2.77. The number of benzene rings is 1. The summed E-state index contributed by atoms with van der Waals surface area (Å²) in [5, 5.41) is 0. The van der Waals surface area contributed by atoms with E-state index >= 15 is 0 Å². The van der Waals surface area contributed by atoms with Crippen LogP contribution in [0.4, 0.5) is 0 Å². The van der Waals surface area contributed by atoms with Crippen LogP contribution < -0.4 is 0 Å². The van der Waals surface area contributed by atoms with Gasteiger partial charge in [-0.1, -0.05) is 15.9 Å². The molecule has 0 atom stereocenters. The van der Waals surface area contributed by atoms with E-state index in [1.807, 2.05) is 38.1 Å². The number of hydrogen-bond acceptors (Lipinski definition) is 2. The molecule has 100 valence electrons. The fraction of sp³-hybridized carbons (Fsp3) is 0.267. The molecule has 0 aliphatic rings. The van der Waals surface area contributed by atoms with Gasteiger partial charge < -0.3 is 9.32 Å². The lowest BCUT2D eigenvalue weighted by Gasteiger charge is -2.17. The Morgan fingerprint density at radius 2 is 2.05 bits per heavy atom. The normalized spacial score (nSPS) is 10.5. The molecule has 2 rings (SSSR count). The number of carbonyl (C=O) groups excluding carboxylic acids is 1. The molecule has 1 aromatic heterocycles. The molecule has 0 radical (unpaired) electrons. The highest BCUT2D eigenvalue weighted by atomic mass is 79.9. The second-order valence-corrected chi connectivity index (χ2v) is 5.48. The maximum absolute atomic E-state index is 12.3.